The molecule has 6 nitrogen and oxygen atoms in total. The molecule has 0 atom stereocenters. The Hall–Kier alpha value is -2.18. The Labute approximate surface area is 121 Å². The Morgan fingerprint density at radius 2 is 2.38 bits per heavy atom. The number of fused-ring (bicyclic) bond motifs is 1. The van der Waals surface area contributed by atoms with Crippen LogP contribution < -0.4 is 0 Å². The highest BCUT2D eigenvalue weighted by Crippen LogP contribution is 2.24. The Morgan fingerprint density at radius 1 is 1.52 bits per heavy atom. The molecule has 1 aromatic heterocycles. The molecule has 0 unspecified atom stereocenters. The molecule has 0 fully saturated rings. The van der Waals surface area contributed by atoms with Crippen molar-refractivity contribution in [2.24, 2.45) is 0 Å². The molecule has 0 radical (unpaired) electrons. The van der Waals surface area contributed by atoms with E-state index in [2.05, 4.69) is 5.10 Å². The van der Waals surface area contributed by atoms with Crippen molar-refractivity contribution >= 4 is 5.97 Å². The van der Waals surface area contributed by atoms with Gasteiger partial charge in [-0.05, 0) is 17.7 Å². The van der Waals surface area contributed by atoms with E-state index in [1.54, 1.807) is 11.8 Å². The third-order valence-corrected chi connectivity index (χ3v) is 3.49. The number of carbonyl (C=O) groups is 1. The van der Waals surface area contributed by atoms with Crippen LogP contribution in [0.25, 0.3) is 5.69 Å². The minimum atomic E-state index is -1.02. The SMILES string of the molecule is COCc1cccc(-n2nc(C(=O)O)c3c2CCOC3)c1. The van der Waals surface area contributed by atoms with E-state index in [0.29, 0.717) is 31.8 Å². The maximum Gasteiger partial charge on any atom is 0.356 e. The van der Waals surface area contributed by atoms with Crippen LogP contribution in [0.4, 0.5) is 0 Å². The van der Waals surface area contributed by atoms with Crippen LogP contribution in [0.1, 0.15) is 27.3 Å². The van der Waals surface area contributed by atoms with Gasteiger partial charge in [0.15, 0.2) is 5.69 Å². The lowest BCUT2D eigenvalue weighted by molar-refractivity contribution is 0.0677. The Balaban J connectivity index is 2.10. The van der Waals surface area contributed by atoms with Gasteiger partial charge in [0.1, 0.15) is 0 Å². The quantitative estimate of drug-likeness (QED) is 0.928. The van der Waals surface area contributed by atoms with Crippen LogP contribution in [-0.2, 0) is 29.1 Å². The Morgan fingerprint density at radius 3 is 3.14 bits per heavy atom. The highest BCUT2D eigenvalue weighted by Gasteiger charge is 2.25. The van der Waals surface area contributed by atoms with Crippen molar-refractivity contribution in [1.82, 2.24) is 9.78 Å². The molecule has 3 rings (SSSR count). The van der Waals surface area contributed by atoms with Gasteiger partial charge in [-0.15, -0.1) is 0 Å². The molecule has 2 heterocycles. The minimum absolute atomic E-state index is 0.0712. The number of rotatable bonds is 4. The molecule has 1 aliphatic heterocycles. The fourth-order valence-corrected chi connectivity index (χ4v) is 2.57. The van der Waals surface area contributed by atoms with Crippen LogP contribution in [0, 0.1) is 0 Å². The Kier molecular flexibility index (Phi) is 3.72. The third kappa shape index (κ3) is 2.55. The van der Waals surface area contributed by atoms with Gasteiger partial charge < -0.3 is 14.6 Å². The smallest absolute Gasteiger partial charge is 0.356 e. The molecule has 110 valence electrons. The summed E-state index contributed by atoms with van der Waals surface area (Å²) in [5.41, 5.74) is 3.51. The number of carboxylic acid groups (broad SMARTS) is 1. The number of nitrogens with zero attached hydrogens (tertiary/aromatic N) is 2. The Bertz CT molecular complexity index is 678. The summed E-state index contributed by atoms with van der Waals surface area (Å²) in [4.78, 5) is 11.3. The van der Waals surface area contributed by atoms with Crippen LogP contribution >= 0.6 is 0 Å². The van der Waals surface area contributed by atoms with Crippen LogP contribution in [0.5, 0.6) is 0 Å². The van der Waals surface area contributed by atoms with E-state index in [1.807, 2.05) is 24.3 Å². The number of hydrogen-bond acceptors (Lipinski definition) is 4. The van der Waals surface area contributed by atoms with Gasteiger partial charge in [-0.2, -0.15) is 5.10 Å². The van der Waals surface area contributed by atoms with Crippen molar-refractivity contribution in [2.75, 3.05) is 13.7 Å². The zero-order chi connectivity index (χ0) is 14.8. The summed E-state index contributed by atoms with van der Waals surface area (Å²) in [7, 11) is 1.64. The summed E-state index contributed by atoms with van der Waals surface area (Å²) in [6, 6.07) is 7.74. The standard InChI is InChI=1S/C15H16N2O4/c1-20-8-10-3-2-4-11(7-10)17-13-5-6-21-9-12(13)14(16-17)15(18)19/h2-4,7H,5-6,8-9H2,1H3,(H,18,19). The predicted molar refractivity (Wildman–Crippen MR) is 74.6 cm³/mol. The van der Waals surface area contributed by atoms with Crippen molar-refractivity contribution in [1.29, 1.82) is 0 Å². The highest BCUT2D eigenvalue weighted by atomic mass is 16.5. The molecule has 1 aliphatic rings. The second-order valence-electron chi connectivity index (χ2n) is 4.90. The number of carboxylic acids is 1. The summed E-state index contributed by atoms with van der Waals surface area (Å²) in [5, 5.41) is 13.5. The van der Waals surface area contributed by atoms with E-state index in [0.717, 1.165) is 16.9 Å². The summed E-state index contributed by atoms with van der Waals surface area (Å²) >= 11 is 0. The molecular formula is C15H16N2O4. The first-order valence-corrected chi connectivity index (χ1v) is 6.70. The van der Waals surface area contributed by atoms with Crippen molar-refractivity contribution in [3.63, 3.8) is 0 Å². The lowest BCUT2D eigenvalue weighted by Crippen LogP contribution is -2.13. The summed E-state index contributed by atoms with van der Waals surface area (Å²) in [6.07, 6.45) is 0.657. The van der Waals surface area contributed by atoms with Crippen LogP contribution in [-0.4, -0.2) is 34.6 Å². The van der Waals surface area contributed by atoms with E-state index in [9.17, 15) is 9.90 Å². The van der Waals surface area contributed by atoms with Gasteiger partial charge in [0, 0.05) is 19.1 Å². The predicted octanol–water partition coefficient (Wildman–Crippen LogP) is 1.79. The number of methoxy groups -OCH3 is 1. The summed E-state index contributed by atoms with van der Waals surface area (Å²) in [5.74, 6) is -1.02. The van der Waals surface area contributed by atoms with Crippen molar-refractivity contribution in [2.45, 2.75) is 19.6 Å². The van der Waals surface area contributed by atoms with Crippen molar-refractivity contribution < 1.29 is 19.4 Å². The molecule has 0 amide bonds. The zero-order valence-electron chi connectivity index (χ0n) is 11.7. The lowest BCUT2D eigenvalue weighted by atomic mass is 10.1. The van der Waals surface area contributed by atoms with Crippen LogP contribution in [0.15, 0.2) is 24.3 Å². The number of hydrogen-bond donors (Lipinski definition) is 1. The van der Waals surface area contributed by atoms with Crippen molar-refractivity contribution in [3.8, 4) is 5.69 Å². The third-order valence-electron chi connectivity index (χ3n) is 3.49. The van der Waals surface area contributed by atoms with E-state index in [4.69, 9.17) is 9.47 Å². The molecule has 1 aromatic carbocycles. The molecule has 2 aromatic rings. The lowest BCUT2D eigenvalue weighted by Gasteiger charge is -2.15. The second kappa shape index (κ2) is 5.67. The van der Waals surface area contributed by atoms with E-state index in [1.165, 1.54) is 0 Å². The molecule has 0 spiro atoms. The minimum Gasteiger partial charge on any atom is -0.476 e. The number of aromatic carboxylic acids is 1. The number of benzene rings is 1. The average Bonchev–Trinajstić information content (AvgIpc) is 2.88. The molecule has 0 saturated carbocycles. The topological polar surface area (TPSA) is 73.6 Å². The first kappa shape index (κ1) is 13.8. The maximum absolute atomic E-state index is 11.3. The van der Waals surface area contributed by atoms with Gasteiger partial charge in [-0.25, -0.2) is 9.48 Å². The molecule has 1 N–H and O–H groups in total. The van der Waals surface area contributed by atoms with Gasteiger partial charge in [0.05, 0.1) is 31.2 Å². The van der Waals surface area contributed by atoms with Crippen molar-refractivity contribution in [3.05, 3.63) is 46.8 Å². The maximum atomic E-state index is 11.3. The van der Waals surface area contributed by atoms with E-state index >= 15 is 0 Å². The van der Waals surface area contributed by atoms with Gasteiger partial charge in [-0.3, -0.25) is 0 Å². The first-order valence-electron chi connectivity index (χ1n) is 6.70. The molecule has 21 heavy (non-hydrogen) atoms. The van der Waals surface area contributed by atoms with Gasteiger partial charge >= 0.3 is 5.97 Å². The summed E-state index contributed by atoms with van der Waals surface area (Å²) in [6.45, 7) is 1.39. The number of aromatic nitrogens is 2. The largest absolute Gasteiger partial charge is 0.476 e. The monoisotopic (exact) mass is 288 g/mol. The molecule has 0 saturated heterocycles. The second-order valence-corrected chi connectivity index (χ2v) is 4.90. The molecule has 6 heteroatoms. The fraction of sp³-hybridized carbons (Fsp3) is 0.333. The normalized spacial score (nSPS) is 14.0. The molecular weight excluding hydrogens is 272 g/mol. The van der Waals surface area contributed by atoms with Gasteiger partial charge in [0.2, 0.25) is 0 Å². The highest BCUT2D eigenvalue weighted by molar-refractivity contribution is 5.87. The van der Waals surface area contributed by atoms with Gasteiger partial charge in [-0.1, -0.05) is 12.1 Å². The van der Waals surface area contributed by atoms with Crippen LogP contribution in [0.3, 0.4) is 0 Å². The molecule has 0 aliphatic carbocycles. The van der Waals surface area contributed by atoms with E-state index in [-0.39, 0.29) is 5.69 Å². The average molecular weight is 288 g/mol. The van der Waals surface area contributed by atoms with Crippen LogP contribution in [0.2, 0.25) is 0 Å². The fourth-order valence-electron chi connectivity index (χ4n) is 2.57. The number of ether oxygens (including phenoxy) is 2. The first-order chi connectivity index (χ1) is 10.2. The summed E-state index contributed by atoms with van der Waals surface area (Å²) < 4.78 is 12.2. The van der Waals surface area contributed by atoms with Gasteiger partial charge in [0.25, 0.3) is 0 Å². The van der Waals surface area contributed by atoms with E-state index < -0.39 is 5.97 Å². The molecule has 0 bridgehead atoms. The zero-order valence-corrected chi connectivity index (χ0v) is 11.7.